The summed E-state index contributed by atoms with van der Waals surface area (Å²) in [5, 5.41) is 0. The van der Waals surface area contributed by atoms with Gasteiger partial charge in [-0.15, -0.1) is 0 Å². The van der Waals surface area contributed by atoms with Gasteiger partial charge >= 0.3 is 0 Å². The Balaban J connectivity index is 1.34. The van der Waals surface area contributed by atoms with Gasteiger partial charge in [0, 0.05) is 28.4 Å². The Bertz CT molecular complexity index is 1310. The molecule has 34 heavy (non-hydrogen) atoms. The van der Waals surface area contributed by atoms with Crippen LogP contribution in [0, 0.1) is 22.3 Å². The van der Waals surface area contributed by atoms with Crippen molar-refractivity contribution in [3.8, 4) is 11.1 Å². The Hall–Kier alpha value is -2.60. The highest BCUT2D eigenvalue weighted by Gasteiger charge is 2.45. The SMILES string of the molecule is CC(=O)C(=O)CC1Cc2ccc(C3CC3C(=O)c3cc(C)ccc3-c3ccc(I)cc3)cc2C1. The molecule has 0 amide bonds. The summed E-state index contributed by atoms with van der Waals surface area (Å²) < 4.78 is 1.17. The number of ketones is 3. The largest absolute Gasteiger partial charge is 0.294 e. The van der Waals surface area contributed by atoms with E-state index in [2.05, 4.69) is 77.2 Å². The average molecular weight is 562 g/mol. The second kappa shape index (κ2) is 9.21. The Kier molecular flexibility index (Phi) is 6.28. The van der Waals surface area contributed by atoms with Crippen molar-refractivity contribution in [3.63, 3.8) is 0 Å². The van der Waals surface area contributed by atoms with Crippen molar-refractivity contribution >= 4 is 39.9 Å². The molecule has 3 unspecified atom stereocenters. The molecule has 1 saturated carbocycles. The van der Waals surface area contributed by atoms with Gasteiger partial charge in [-0.3, -0.25) is 14.4 Å². The maximum atomic E-state index is 13.6. The molecule has 2 aliphatic rings. The summed E-state index contributed by atoms with van der Waals surface area (Å²) in [6.45, 7) is 3.39. The minimum absolute atomic E-state index is 0.0129. The number of benzene rings is 3. The summed E-state index contributed by atoms with van der Waals surface area (Å²) >= 11 is 2.30. The van der Waals surface area contributed by atoms with Gasteiger partial charge < -0.3 is 0 Å². The van der Waals surface area contributed by atoms with E-state index in [1.54, 1.807) is 0 Å². The highest BCUT2D eigenvalue weighted by Crippen LogP contribution is 2.50. The lowest BCUT2D eigenvalue weighted by Crippen LogP contribution is -2.15. The predicted molar refractivity (Wildman–Crippen MR) is 142 cm³/mol. The highest BCUT2D eigenvalue weighted by atomic mass is 127. The Morgan fingerprint density at radius 2 is 1.65 bits per heavy atom. The van der Waals surface area contributed by atoms with Crippen molar-refractivity contribution in [2.45, 2.75) is 45.4 Å². The van der Waals surface area contributed by atoms with Crippen LogP contribution in [0.25, 0.3) is 11.1 Å². The standard InChI is InChI=1S/C30H27IO3/c1-17-3-10-25(20-6-8-24(31)9-7-20)27(11-17)30(34)28-16-26(28)22-5-4-21-12-19(13-23(21)15-22)14-29(33)18(2)32/h3-11,15,19,26,28H,12-14,16H2,1-2H3. The van der Waals surface area contributed by atoms with E-state index < -0.39 is 0 Å². The van der Waals surface area contributed by atoms with Gasteiger partial charge in [-0.1, -0.05) is 48.0 Å². The number of hydrogen-bond donors (Lipinski definition) is 0. The minimum Gasteiger partial charge on any atom is -0.294 e. The number of halogens is 1. The molecule has 0 spiro atoms. The van der Waals surface area contributed by atoms with Gasteiger partial charge in [0.2, 0.25) is 0 Å². The van der Waals surface area contributed by atoms with E-state index in [1.807, 2.05) is 13.0 Å². The van der Waals surface area contributed by atoms with E-state index >= 15 is 0 Å². The molecule has 5 rings (SSSR count). The fourth-order valence-electron chi connectivity index (χ4n) is 5.31. The van der Waals surface area contributed by atoms with E-state index in [4.69, 9.17) is 0 Å². The topological polar surface area (TPSA) is 51.2 Å². The summed E-state index contributed by atoms with van der Waals surface area (Å²) in [7, 11) is 0. The number of carbonyl (C=O) groups is 3. The highest BCUT2D eigenvalue weighted by molar-refractivity contribution is 14.1. The van der Waals surface area contributed by atoms with Crippen LogP contribution < -0.4 is 0 Å². The molecule has 0 aromatic heterocycles. The summed E-state index contributed by atoms with van der Waals surface area (Å²) in [4.78, 5) is 36.8. The van der Waals surface area contributed by atoms with Gasteiger partial charge in [0.15, 0.2) is 17.3 Å². The van der Waals surface area contributed by atoms with Crippen LogP contribution >= 0.6 is 22.6 Å². The van der Waals surface area contributed by atoms with Crippen molar-refractivity contribution in [2.24, 2.45) is 11.8 Å². The first kappa shape index (κ1) is 23.2. The summed E-state index contributed by atoms with van der Waals surface area (Å²) in [6.07, 6.45) is 2.90. The number of aryl methyl sites for hydroxylation is 1. The Morgan fingerprint density at radius 1 is 0.912 bits per heavy atom. The first-order chi connectivity index (χ1) is 16.3. The van der Waals surface area contributed by atoms with Crippen LogP contribution in [0.1, 0.15) is 58.3 Å². The molecule has 0 heterocycles. The maximum Gasteiger partial charge on any atom is 0.198 e. The van der Waals surface area contributed by atoms with Gasteiger partial charge in [-0.2, -0.15) is 0 Å². The van der Waals surface area contributed by atoms with E-state index in [0.717, 1.165) is 41.5 Å². The molecule has 0 N–H and O–H groups in total. The number of fused-ring (bicyclic) bond motifs is 1. The zero-order chi connectivity index (χ0) is 24.0. The molecule has 0 radical (unpaired) electrons. The van der Waals surface area contributed by atoms with Crippen molar-refractivity contribution in [1.82, 2.24) is 0 Å². The third kappa shape index (κ3) is 4.65. The molecule has 3 atom stereocenters. The number of carbonyl (C=O) groups excluding carboxylic acids is 3. The zero-order valence-electron chi connectivity index (χ0n) is 19.4. The molecule has 0 aliphatic heterocycles. The van der Waals surface area contributed by atoms with Crippen molar-refractivity contribution in [3.05, 3.63) is 92.1 Å². The molecule has 3 nitrogen and oxygen atoms in total. The normalized spacial score (nSPS) is 20.6. The first-order valence-corrected chi connectivity index (χ1v) is 12.9. The number of Topliss-reactive ketones (excluding diaryl/α,β-unsaturated/α-hetero) is 3. The molecule has 172 valence electrons. The smallest absolute Gasteiger partial charge is 0.198 e. The first-order valence-electron chi connectivity index (χ1n) is 11.9. The molecule has 1 fully saturated rings. The molecule has 4 heteroatoms. The quantitative estimate of drug-likeness (QED) is 0.187. The molecular formula is C30H27IO3. The van der Waals surface area contributed by atoms with Crippen LogP contribution in [-0.2, 0) is 22.4 Å². The van der Waals surface area contributed by atoms with E-state index in [-0.39, 0.29) is 35.1 Å². The molecule has 3 aromatic carbocycles. The molecule has 3 aromatic rings. The van der Waals surface area contributed by atoms with Crippen LogP contribution in [0.3, 0.4) is 0 Å². The fourth-order valence-corrected chi connectivity index (χ4v) is 5.67. The molecule has 2 aliphatic carbocycles. The monoisotopic (exact) mass is 562 g/mol. The Labute approximate surface area is 214 Å². The van der Waals surface area contributed by atoms with Crippen LogP contribution in [0.4, 0.5) is 0 Å². The summed E-state index contributed by atoms with van der Waals surface area (Å²) in [6, 6.07) is 21.0. The molecule has 0 bridgehead atoms. The van der Waals surface area contributed by atoms with E-state index in [9.17, 15) is 14.4 Å². The zero-order valence-corrected chi connectivity index (χ0v) is 21.6. The summed E-state index contributed by atoms with van der Waals surface area (Å²) in [5.74, 6) is 0.0826. The number of rotatable bonds is 7. The van der Waals surface area contributed by atoms with Crippen LogP contribution in [-0.4, -0.2) is 17.3 Å². The Morgan fingerprint density at radius 3 is 2.38 bits per heavy atom. The second-order valence-electron chi connectivity index (χ2n) is 9.85. The van der Waals surface area contributed by atoms with Crippen LogP contribution in [0.15, 0.2) is 60.7 Å². The van der Waals surface area contributed by atoms with Crippen molar-refractivity contribution in [2.75, 3.05) is 0 Å². The van der Waals surface area contributed by atoms with Gasteiger partial charge in [-0.05, 0) is 107 Å². The predicted octanol–water partition coefficient (Wildman–Crippen LogP) is 6.52. The van der Waals surface area contributed by atoms with Crippen LogP contribution in [0.2, 0.25) is 0 Å². The lowest BCUT2D eigenvalue weighted by atomic mass is 9.92. The van der Waals surface area contributed by atoms with Gasteiger partial charge in [-0.25, -0.2) is 0 Å². The fraction of sp³-hybridized carbons (Fsp3) is 0.300. The molecular weight excluding hydrogens is 535 g/mol. The van der Waals surface area contributed by atoms with Gasteiger partial charge in [0.05, 0.1) is 0 Å². The maximum absolute atomic E-state index is 13.6. The number of hydrogen-bond acceptors (Lipinski definition) is 3. The molecule has 0 saturated heterocycles. The van der Waals surface area contributed by atoms with E-state index in [1.165, 1.54) is 27.2 Å². The van der Waals surface area contributed by atoms with Gasteiger partial charge in [0.25, 0.3) is 0 Å². The van der Waals surface area contributed by atoms with Crippen molar-refractivity contribution in [1.29, 1.82) is 0 Å². The third-order valence-electron chi connectivity index (χ3n) is 7.27. The second-order valence-corrected chi connectivity index (χ2v) is 11.1. The lowest BCUT2D eigenvalue weighted by Gasteiger charge is -2.11. The summed E-state index contributed by atoms with van der Waals surface area (Å²) in [5.41, 5.74) is 7.75. The lowest BCUT2D eigenvalue weighted by molar-refractivity contribution is -0.135. The third-order valence-corrected chi connectivity index (χ3v) is 7.98. The average Bonchev–Trinajstić information content (AvgIpc) is 3.51. The van der Waals surface area contributed by atoms with Gasteiger partial charge in [0.1, 0.15) is 0 Å². The van der Waals surface area contributed by atoms with E-state index in [0.29, 0.717) is 6.42 Å². The minimum atomic E-state index is -0.350. The van der Waals surface area contributed by atoms with Crippen LogP contribution in [0.5, 0.6) is 0 Å². The van der Waals surface area contributed by atoms with Crippen molar-refractivity contribution < 1.29 is 14.4 Å².